The first-order chi connectivity index (χ1) is 15.1. The Balaban J connectivity index is 0.000000456. The Kier molecular flexibility index (Phi) is 17.9. The average Bonchev–Trinajstić information content (AvgIpc) is 3.24. The molecule has 0 nitrogen and oxygen atoms in total. The predicted molar refractivity (Wildman–Crippen MR) is 171 cm³/mol. The number of hydrogen-bond donors (Lipinski definition) is 0. The Labute approximate surface area is 219 Å². The minimum absolute atomic E-state index is 0.256. The molecule has 190 valence electrons. The van der Waals surface area contributed by atoms with Gasteiger partial charge in [-0.25, -0.2) is 0 Å². The van der Waals surface area contributed by atoms with Crippen LogP contribution in [0.5, 0.6) is 0 Å². The van der Waals surface area contributed by atoms with Crippen molar-refractivity contribution in [2.75, 3.05) is 12.3 Å². The molecule has 0 spiro atoms. The zero-order valence-corrected chi connectivity index (χ0v) is 27.7. The molecule has 32 heavy (non-hydrogen) atoms. The highest BCUT2D eigenvalue weighted by molar-refractivity contribution is 8.67. The van der Waals surface area contributed by atoms with Gasteiger partial charge in [-0.05, 0) is 94.6 Å². The van der Waals surface area contributed by atoms with Gasteiger partial charge < -0.3 is 0 Å². The van der Waals surface area contributed by atoms with E-state index in [-0.39, 0.29) is 9.07 Å². The monoisotopic (exact) mass is 554 g/mol. The van der Waals surface area contributed by atoms with Gasteiger partial charge in [-0.1, -0.05) is 102 Å². The molecule has 5 atom stereocenters. The van der Waals surface area contributed by atoms with Gasteiger partial charge in [0, 0.05) is 4.75 Å². The van der Waals surface area contributed by atoms with Gasteiger partial charge in [0.2, 0.25) is 0 Å². The number of allylic oxidation sites excluding steroid dienone is 2. The van der Waals surface area contributed by atoms with E-state index in [4.69, 9.17) is 11.2 Å². The summed E-state index contributed by atoms with van der Waals surface area (Å²) in [5.74, 6) is 0. The van der Waals surface area contributed by atoms with Gasteiger partial charge in [0.15, 0.2) is 0 Å². The standard InChI is InChI=1S/C10H19P.C8H15PS3.C8H19P/c1-3-10(8-11)6-4-9(2)5-7-10;1-3-8(12(9)11-10)5-4-7(2)6-8;1-4-8(5-2,6-3)7-9/h2-8,11H2,1H3;2-6,9H2,1H3;4-7,9H2,1-3H3. The third-order valence-electron chi connectivity index (χ3n) is 8.53. The van der Waals surface area contributed by atoms with Gasteiger partial charge in [-0.2, -0.15) is 0 Å². The zero-order chi connectivity index (χ0) is 24.8. The first-order valence-electron chi connectivity index (χ1n) is 12.6. The molecule has 2 rings (SSSR count). The van der Waals surface area contributed by atoms with Crippen LogP contribution in [0.1, 0.15) is 112 Å². The van der Waals surface area contributed by atoms with Crippen molar-refractivity contribution in [3.8, 4) is 0 Å². The summed E-state index contributed by atoms with van der Waals surface area (Å²) in [6.45, 7) is 19.6. The molecule has 0 heterocycles. The van der Waals surface area contributed by atoms with Crippen LogP contribution in [0.3, 0.4) is 0 Å². The Morgan fingerprint density at radius 1 is 0.906 bits per heavy atom. The summed E-state index contributed by atoms with van der Waals surface area (Å²) in [5.41, 5.74) is 4.16. The Morgan fingerprint density at radius 2 is 1.41 bits per heavy atom. The third-order valence-corrected chi connectivity index (χ3v) is 18.3. The summed E-state index contributed by atoms with van der Waals surface area (Å²) in [6, 6.07) is 0. The number of rotatable bonds is 8. The summed E-state index contributed by atoms with van der Waals surface area (Å²) in [4.78, 5) is 0. The molecule has 6 heteroatoms. The molecule has 0 aromatic heterocycles. The topological polar surface area (TPSA) is 0 Å². The lowest BCUT2D eigenvalue weighted by Gasteiger charge is -2.36. The molecule has 0 saturated heterocycles. The lowest BCUT2D eigenvalue weighted by molar-refractivity contribution is 0.244. The summed E-state index contributed by atoms with van der Waals surface area (Å²) in [5, 5.41) is 0. The van der Waals surface area contributed by atoms with Crippen molar-refractivity contribution >= 4 is 56.1 Å². The second-order valence-corrected chi connectivity index (χ2v) is 17.5. The predicted octanol–water partition coefficient (Wildman–Crippen LogP) is 9.21. The van der Waals surface area contributed by atoms with Crippen LogP contribution < -0.4 is 0 Å². The maximum Gasteiger partial charge on any atom is 0.0277 e. The van der Waals surface area contributed by atoms with Crippen molar-refractivity contribution in [3.05, 3.63) is 24.3 Å². The molecule has 0 N–H and O–H groups in total. The first kappa shape index (κ1) is 33.6. The molecule has 2 aliphatic carbocycles. The van der Waals surface area contributed by atoms with Crippen LogP contribution in [0, 0.1) is 10.8 Å². The second kappa shape index (κ2) is 17.1. The van der Waals surface area contributed by atoms with Crippen LogP contribution >= 0.6 is 26.9 Å². The fourth-order valence-corrected chi connectivity index (χ4v) is 11.0. The van der Waals surface area contributed by atoms with Crippen molar-refractivity contribution in [1.29, 1.82) is 0 Å². The van der Waals surface area contributed by atoms with Crippen molar-refractivity contribution in [3.63, 3.8) is 0 Å². The van der Waals surface area contributed by atoms with E-state index in [0.29, 0.717) is 15.6 Å². The van der Waals surface area contributed by atoms with Crippen LogP contribution in [0.25, 0.3) is 0 Å². The van der Waals surface area contributed by atoms with Gasteiger partial charge in [0.05, 0.1) is 0 Å². The first-order valence-corrected chi connectivity index (χ1v) is 19.2. The van der Waals surface area contributed by atoms with E-state index in [1.165, 1.54) is 101 Å². The quantitative estimate of drug-likeness (QED) is 0.213. The maximum atomic E-state index is 5.07. The highest BCUT2D eigenvalue weighted by atomic mass is 33.2. The molecule has 0 radical (unpaired) electrons. The fraction of sp³-hybridized carbons (Fsp3) is 0.846. The van der Waals surface area contributed by atoms with Crippen LogP contribution in [0.4, 0.5) is 0 Å². The zero-order valence-electron chi connectivity index (χ0n) is 21.8. The van der Waals surface area contributed by atoms with Crippen LogP contribution in [-0.2, 0) is 29.1 Å². The molecule has 0 amide bonds. The summed E-state index contributed by atoms with van der Waals surface area (Å²) in [6.07, 6.45) is 18.0. The highest BCUT2D eigenvalue weighted by Gasteiger charge is 2.35. The Bertz CT molecular complexity index is 603. The van der Waals surface area contributed by atoms with Gasteiger partial charge in [-0.15, -0.1) is 18.5 Å². The van der Waals surface area contributed by atoms with E-state index >= 15 is 0 Å². The van der Waals surface area contributed by atoms with Gasteiger partial charge in [0.25, 0.3) is 0 Å². The molecule has 5 unspecified atom stereocenters. The lowest BCUT2D eigenvalue weighted by Crippen LogP contribution is -2.25. The van der Waals surface area contributed by atoms with Crippen molar-refractivity contribution in [2.24, 2.45) is 10.8 Å². The molecule has 0 bridgehead atoms. The van der Waals surface area contributed by atoms with Crippen molar-refractivity contribution < 1.29 is 0 Å². The lowest BCUT2D eigenvalue weighted by atomic mass is 9.72. The maximum absolute atomic E-state index is 5.07. The minimum atomic E-state index is 0.256. The third kappa shape index (κ3) is 10.3. The van der Waals surface area contributed by atoms with Crippen LogP contribution in [0.15, 0.2) is 24.3 Å². The van der Waals surface area contributed by atoms with Crippen molar-refractivity contribution in [2.45, 2.75) is 116 Å². The Morgan fingerprint density at radius 3 is 1.66 bits per heavy atom. The molecule has 0 aromatic carbocycles. The SMILES string of the molecule is C=C1CCC(CC)(CP)CC1.C=C1CCC(CC)(S(P)=S=S)C1.CCC(CC)(CC)CP. The largest absolute Gasteiger partial charge is 0.137 e. The molecule has 2 fully saturated rings. The van der Waals surface area contributed by atoms with E-state index in [1.807, 2.05) is 0 Å². The van der Waals surface area contributed by atoms with E-state index in [1.54, 1.807) is 8.88 Å². The van der Waals surface area contributed by atoms with E-state index in [2.05, 4.69) is 74.7 Å². The molecule has 2 saturated carbocycles. The van der Waals surface area contributed by atoms with Crippen LogP contribution in [-0.4, -0.2) is 17.1 Å². The summed E-state index contributed by atoms with van der Waals surface area (Å²) < 4.78 is 0.466. The molecular formula is C26H53P3S3. The van der Waals surface area contributed by atoms with Crippen molar-refractivity contribution in [1.82, 2.24) is 0 Å². The van der Waals surface area contributed by atoms with Gasteiger partial charge >= 0.3 is 0 Å². The van der Waals surface area contributed by atoms with Crippen LogP contribution in [0.2, 0.25) is 0 Å². The second-order valence-electron chi connectivity index (χ2n) is 9.90. The fourth-order valence-electron chi connectivity index (χ4n) is 4.74. The van der Waals surface area contributed by atoms with Gasteiger partial charge in [-0.3, -0.25) is 0 Å². The molecule has 0 aliphatic heterocycles. The minimum Gasteiger partial charge on any atom is -0.137 e. The highest BCUT2D eigenvalue weighted by Crippen LogP contribution is 2.43. The summed E-state index contributed by atoms with van der Waals surface area (Å²) >= 11 is 5.07. The molecular weight excluding hydrogens is 501 g/mol. The Hall–Kier alpha value is 1.56. The molecule has 2 aliphatic rings. The normalized spacial score (nSPS) is 23.5. The summed E-state index contributed by atoms with van der Waals surface area (Å²) in [7, 11) is 10.5. The van der Waals surface area contributed by atoms with E-state index < -0.39 is 0 Å². The number of hydrogen-bond acceptors (Lipinski definition) is 1. The smallest absolute Gasteiger partial charge is 0.0277 e. The van der Waals surface area contributed by atoms with E-state index in [0.717, 1.165) is 0 Å². The average molecular weight is 555 g/mol. The molecule has 0 aromatic rings. The van der Waals surface area contributed by atoms with E-state index in [9.17, 15) is 0 Å². The van der Waals surface area contributed by atoms with Gasteiger partial charge in [0.1, 0.15) is 0 Å².